The Labute approximate surface area is 85.4 Å². The van der Waals surface area contributed by atoms with Crippen LogP contribution in [0.5, 0.6) is 0 Å². The van der Waals surface area contributed by atoms with Gasteiger partial charge in [0.1, 0.15) is 0 Å². The third-order valence-electron chi connectivity index (χ3n) is 1.61. The molecule has 5 heteroatoms. The van der Waals surface area contributed by atoms with Crippen molar-refractivity contribution in [3.63, 3.8) is 0 Å². The maximum atomic E-state index is 11.9. The van der Waals surface area contributed by atoms with Gasteiger partial charge < -0.3 is 4.90 Å². The molecule has 0 aliphatic heterocycles. The predicted octanol–water partition coefficient (Wildman–Crippen LogP) is 2.13. The maximum Gasteiger partial charge on any atom is 0.255 e. The van der Waals surface area contributed by atoms with Gasteiger partial charge in [-0.15, -0.1) is 0 Å². The number of halogens is 3. The van der Waals surface area contributed by atoms with Gasteiger partial charge in [-0.1, -0.05) is 29.8 Å². The second kappa shape index (κ2) is 5.52. The number of hydrogen-bond donors (Lipinski definition) is 0. The Hall–Kier alpha value is -0.190. The van der Waals surface area contributed by atoms with E-state index in [0.29, 0.717) is 0 Å². The summed E-state index contributed by atoms with van der Waals surface area (Å²) >= 11 is 3.16. The van der Waals surface area contributed by atoms with Crippen LogP contribution >= 0.6 is 15.9 Å². The summed E-state index contributed by atoms with van der Waals surface area (Å²) in [7, 11) is 1.38. The first-order chi connectivity index (χ1) is 5.86. The van der Waals surface area contributed by atoms with E-state index in [1.807, 2.05) is 13.8 Å². The number of amides is 1. The molecule has 0 rings (SSSR count). The highest BCUT2D eigenvalue weighted by molar-refractivity contribution is 9.10. The van der Waals surface area contributed by atoms with Crippen LogP contribution in [0.25, 0.3) is 0 Å². The molecule has 0 aliphatic rings. The van der Waals surface area contributed by atoms with E-state index >= 15 is 0 Å². The molecular weight excluding hydrogens is 244 g/mol. The molecule has 1 amide bonds. The fraction of sp³-hybridized carbons (Fsp3) is 0.875. The van der Waals surface area contributed by atoms with Crippen molar-refractivity contribution >= 4 is 21.8 Å². The summed E-state index contributed by atoms with van der Waals surface area (Å²) < 4.78 is 23.8. The van der Waals surface area contributed by atoms with Crippen LogP contribution in [0.4, 0.5) is 8.78 Å². The minimum Gasteiger partial charge on any atom is -0.339 e. The molecule has 0 radical (unpaired) electrons. The zero-order valence-electron chi connectivity index (χ0n) is 7.93. The van der Waals surface area contributed by atoms with Crippen LogP contribution in [-0.4, -0.2) is 35.7 Å². The third-order valence-corrected chi connectivity index (χ3v) is 3.06. The molecule has 0 N–H and O–H groups in total. The van der Waals surface area contributed by atoms with Crippen LogP contribution in [-0.2, 0) is 4.79 Å². The molecule has 0 saturated carbocycles. The number of carbonyl (C=O) groups is 1. The smallest absolute Gasteiger partial charge is 0.255 e. The molecule has 2 nitrogen and oxygen atoms in total. The Kier molecular flexibility index (Phi) is 5.44. The van der Waals surface area contributed by atoms with E-state index < -0.39 is 13.0 Å². The lowest BCUT2D eigenvalue weighted by molar-refractivity contribution is -0.131. The van der Waals surface area contributed by atoms with Crippen molar-refractivity contribution in [3.05, 3.63) is 0 Å². The molecule has 0 spiro atoms. The molecule has 0 aliphatic carbocycles. The van der Waals surface area contributed by atoms with Crippen molar-refractivity contribution in [1.82, 2.24) is 4.90 Å². The van der Waals surface area contributed by atoms with Gasteiger partial charge in [-0.05, 0) is 5.92 Å². The van der Waals surface area contributed by atoms with Crippen LogP contribution in [0, 0.1) is 5.92 Å². The number of hydrogen-bond acceptors (Lipinski definition) is 1. The van der Waals surface area contributed by atoms with Gasteiger partial charge in [-0.3, -0.25) is 4.79 Å². The lowest BCUT2D eigenvalue weighted by Crippen LogP contribution is -2.38. The Morgan fingerprint density at radius 1 is 1.46 bits per heavy atom. The van der Waals surface area contributed by atoms with Crippen molar-refractivity contribution in [2.75, 3.05) is 13.6 Å². The van der Waals surface area contributed by atoms with E-state index in [1.165, 1.54) is 7.05 Å². The molecule has 1 unspecified atom stereocenters. The first-order valence-corrected chi connectivity index (χ1v) is 4.95. The third kappa shape index (κ3) is 4.55. The summed E-state index contributed by atoms with van der Waals surface area (Å²) in [6, 6.07) is 0. The largest absolute Gasteiger partial charge is 0.339 e. The van der Waals surface area contributed by atoms with Crippen LogP contribution in [0.1, 0.15) is 13.8 Å². The number of rotatable bonds is 4. The van der Waals surface area contributed by atoms with Crippen LogP contribution in [0.2, 0.25) is 0 Å². The summed E-state index contributed by atoms with van der Waals surface area (Å²) in [4.78, 5) is 12.0. The van der Waals surface area contributed by atoms with Gasteiger partial charge in [0, 0.05) is 7.05 Å². The van der Waals surface area contributed by atoms with Gasteiger partial charge in [-0.2, -0.15) is 0 Å². The Balaban J connectivity index is 4.09. The first kappa shape index (κ1) is 12.8. The molecule has 78 valence electrons. The standard InChI is InChI=1S/C8H14BrF2NO/c1-5(2)7(9)8(13)12(3)4-6(10)11/h5-7H,4H2,1-3H3. The van der Waals surface area contributed by atoms with Crippen molar-refractivity contribution < 1.29 is 13.6 Å². The summed E-state index contributed by atoms with van der Waals surface area (Å²) in [5.41, 5.74) is 0. The average Bonchev–Trinajstić information content (AvgIpc) is 2.00. The first-order valence-electron chi connectivity index (χ1n) is 4.03. The van der Waals surface area contributed by atoms with E-state index in [4.69, 9.17) is 0 Å². The second-order valence-corrected chi connectivity index (χ2v) is 4.24. The normalized spacial score (nSPS) is 13.5. The number of nitrogens with zero attached hydrogens (tertiary/aromatic N) is 1. The quantitative estimate of drug-likeness (QED) is 0.707. The van der Waals surface area contributed by atoms with E-state index in [9.17, 15) is 13.6 Å². The van der Waals surface area contributed by atoms with Gasteiger partial charge in [0.2, 0.25) is 5.91 Å². The van der Waals surface area contributed by atoms with Crippen molar-refractivity contribution in [2.24, 2.45) is 5.92 Å². The Morgan fingerprint density at radius 3 is 2.23 bits per heavy atom. The van der Waals surface area contributed by atoms with Crippen LogP contribution in [0.3, 0.4) is 0 Å². The maximum absolute atomic E-state index is 11.9. The second-order valence-electron chi connectivity index (χ2n) is 3.26. The van der Waals surface area contributed by atoms with Gasteiger partial charge in [0.25, 0.3) is 6.43 Å². The molecule has 1 atom stereocenters. The van der Waals surface area contributed by atoms with E-state index in [-0.39, 0.29) is 16.7 Å². The lowest BCUT2D eigenvalue weighted by Gasteiger charge is -2.21. The molecular formula is C8H14BrF2NO. The number of carbonyl (C=O) groups excluding carboxylic acids is 1. The fourth-order valence-corrected chi connectivity index (χ4v) is 1.14. The average molecular weight is 258 g/mol. The van der Waals surface area contributed by atoms with E-state index in [1.54, 1.807) is 0 Å². The van der Waals surface area contributed by atoms with Crippen LogP contribution < -0.4 is 0 Å². The SMILES string of the molecule is CC(C)C(Br)C(=O)N(C)CC(F)F. The van der Waals surface area contributed by atoms with Gasteiger partial charge in [-0.25, -0.2) is 8.78 Å². The summed E-state index contributed by atoms with van der Waals surface area (Å²) in [6.45, 7) is 3.20. The zero-order chi connectivity index (χ0) is 10.6. The predicted molar refractivity (Wildman–Crippen MR) is 51.2 cm³/mol. The van der Waals surface area contributed by atoms with Crippen molar-refractivity contribution in [3.8, 4) is 0 Å². The number of alkyl halides is 3. The van der Waals surface area contributed by atoms with E-state index in [2.05, 4.69) is 15.9 Å². The van der Waals surface area contributed by atoms with Crippen molar-refractivity contribution in [1.29, 1.82) is 0 Å². The zero-order valence-corrected chi connectivity index (χ0v) is 9.51. The minimum atomic E-state index is -2.47. The van der Waals surface area contributed by atoms with Gasteiger partial charge in [0.15, 0.2) is 0 Å². The van der Waals surface area contributed by atoms with Crippen molar-refractivity contribution in [2.45, 2.75) is 25.1 Å². The molecule has 0 heterocycles. The van der Waals surface area contributed by atoms with Gasteiger partial charge in [0.05, 0.1) is 11.4 Å². The topological polar surface area (TPSA) is 20.3 Å². The van der Waals surface area contributed by atoms with Crippen LogP contribution in [0.15, 0.2) is 0 Å². The summed E-state index contributed by atoms with van der Waals surface area (Å²) in [5.74, 6) is -0.192. The lowest BCUT2D eigenvalue weighted by atomic mass is 10.1. The highest BCUT2D eigenvalue weighted by atomic mass is 79.9. The highest BCUT2D eigenvalue weighted by Gasteiger charge is 2.23. The monoisotopic (exact) mass is 257 g/mol. The van der Waals surface area contributed by atoms with Gasteiger partial charge >= 0.3 is 0 Å². The molecule has 0 fully saturated rings. The summed E-state index contributed by atoms with van der Waals surface area (Å²) in [5, 5.41) is 0. The molecule has 0 saturated heterocycles. The minimum absolute atomic E-state index is 0.104. The molecule has 0 aromatic heterocycles. The Bertz CT molecular complexity index is 176. The molecule has 0 bridgehead atoms. The molecule has 0 aromatic carbocycles. The highest BCUT2D eigenvalue weighted by Crippen LogP contribution is 2.14. The summed E-state index contributed by atoms with van der Waals surface area (Å²) in [6.07, 6.45) is -2.47. The molecule has 0 aromatic rings. The molecule has 13 heavy (non-hydrogen) atoms. The Morgan fingerprint density at radius 2 is 1.92 bits per heavy atom. The fourth-order valence-electron chi connectivity index (χ4n) is 0.793. The van der Waals surface area contributed by atoms with E-state index in [0.717, 1.165) is 4.90 Å².